The molecule has 130 valence electrons. The van der Waals surface area contributed by atoms with Crippen LogP contribution in [0.3, 0.4) is 0 Å². The zero-order valence-corrected chi connectivity index (χ0v) is 14.3. The highest BCUT2D eigenvalue weighted by molar-refractivity contribution is 5.15. The molecule has 5 nitrogen and oxygen atoms in total. The third kappa shape index (κ3) is 5.52. The minimum Gasteiger partial charge on any atom is -0.395 e. The third-order valence-corrected chi connectivity index (χ3v) is 4.16. The molecule has 2 heterocycles. The van der Waals surface area contributed by atoms with Gasteiger partial charge in [0, 0.05) is 43.8 Å². The van der Waals surface area contributed by atoms with E-state index in [1.807, 2.05) is 53.6 Å². The molecule has 0 amide bonds. The number of hydrogen-bond acceptors (Lipinski definition) is 4. The summed E-state index contributed by atoms with van der Waals surface area (Å²) in [6.45, 7) is 3.29. The van der Waals surface area contributed by atoms with Gasteiger partial charge in [0.2, 0.25) is 0 Å². The molecule has 1 N–H and O–H groups in total. The molecule has 0 radical (unpaired) electrons. The fourth-order valence-electron chi connectivity index (χ4n) is 2.85. The van der Waals surface area contributed by atoms with E-state index in [0.717, 1.165) is 26.1 Å². The van der Waals surface area contributed by atoms with E-state index in [9.17, 15) is 5.11 Å². The fraction of sp³-hybridized carbons (Fsp3) is 0.300. The van der Waals surface area contributed by atoms with Gasteiger partial charge in [0.1, 0.15) is 0 Å². The van der Waals surface area contributed by atoms with E-state index < -0.39 is 0 Å². The molecular weight excluding hydrogens is 312 g/mol. The van der Waals surface area contributed by atoms with Crippen LogP contribution in [0.25, 0.3) is 0 Å². The molecule has 0 aliphatic heterocycles. The second kappa shape index (κ2) is 9.11. The van der Waals surface area contributed by atoms with Crippen LogP contribution in [0.2, 0.25) is 0 Å². The van der Waals surface area contributed by atoms with Gasteiger partial charge in [-0.05, 0) is 29.7 Å². The average molecular weight is 336 g/mol. The Hall–Kier alpha value is -2.50. The van der Waals surface area contributed by atoms with E-state index in [-0.39, 0.29) is 6.61 Å². The van der Waals surface area contributed by atoms with Crippen LogP contribution in [0.1, 0.15) is 16.7 Å². The summed E-state index contributed by atoms with van der Waals surface area (Å²) in [6, 6.07) is 14.4. The van der Waals surface area contributed by atoms with Crippen LogP contribution in [-0.2, 0) is 19.5 Å². The van der Waals surface area contributed by atoms with Gasteiger partial charge >= 0.3 is 0 Å². The van der Waals surface area contributed by atoms with E-state index in [1.165, 1.54) is 16.7 Å². The topological polar surface area (TPSA) is 54.2 Å². The summed E-state index contributed by atoms with van der Waals surface area (Å²) in [5, 5.41) is 13.8. The van der Waals surface area contributed by atoms with E-state index >= 15 is 0 Å². The highest BCUT2D eigenvalue weighted by atomic mass is 16.3. The monoisotopic (exact) mass is 336 g/mol. The number of pyridine rings is 1. The number of nitrogens with zero attached hydrogens (tertiary/aromatic N) is 4. The number of aromatic nitrogens is 3. The summed E-state index contributed by atoms with van der Waals surface area (Å²) in [5.41, 5.74) is 3.67. The van der Waals surface area contributed by atoms with E-state index in [0.29, 0.717) is 6.54 Å². The van der Waals surface area contributed by atoms with Crippen molar-refractivity contribution in [3.05, 3.63) is 83.9 Å². The quantitative estimate of drug-likeness (QED) is 0.652. The predicted molar refractivity (Wildman–Crippen MR) is 98.1 cm³/mol. The molecular formula is C20H24N4O. The Morgan fingerprint density at radius 1 is 0.920 bits per heavy atom. The summed E-state index contributed by atoms with van der Waals surface area (Å²) in [5.74, 6) is 0. The maximum atomic E-state index is 9.34. The summed E-state index contributed by atoms with van der Waals surface area (Å²) in [6.07, 6.45) is 8.59. The van der Waals surface area contributed by atoms with Crippen molar-refractivity contribution in [1.29, 1.82) is 0 Å². The van der Waals surface area contributed by atoms with Gasteiger partial charge in [-0.2, -0.15) is 5.10 Å². The van der Waals surface area contributed by atoms with Gasteiger partial charge in [-0.3, -0.25) is 14.6 Å². The van der Waals surface area contributed by atoms with Crippen LogP contribution >= 0.6 is 0 Å². The van der Waals surface area contributed by atoms with E-state index in [1.54, 1.807) is 0 Å². The lowest BCUT2D eigenvalue weighted by Crippen LogP contribution is -2.28. The number of aliphatic hydroxyl groups excluding tert-OH is 1. The highest BCUT2D eigenvalue weighted by Gasteiger charge is 2.08. The zero-order valence-electron chi connectivity index (χ0n) is 14.3. The number of rotatable bonds is 9. The molecule has 0 saturated heterocycles. The van der Waals surface area contributed by atoms with E-state index in [4.69, 9.17) is 0 Å². The minimum atomic E-state index is 0.161. The summed E-state index contributed by atoms with van der Waals surface area (Å²) >= 11 is 0. The van der Waals surface area contributed by atoms with Crippen LogP contribution in [0.4, 0.5) is 0 Å². The molecule has 1 aromatic carbocycles. The SMILES string of the molecule is OCCN(CCc1ccncc1)Cc1cnn(Cc2ccccc2)c1. The average Bonchev–Trinajstić information content (AvgIpc) is 3.08. The summed E-state index contributed by atoms with van der Waals surface area (Å²) < 4.78 is 1.96. The predicted octanol–water partition coefficient (Wildman–Crippen LogP) is 2.36. The number of aliphatic hydroxyl groups is 1. The Balaban J connectivity index is 1.56. The van der Waals surface area contributed by atoms with Crippen molar-refractivity contribution >= 4 is 0 Å². The molecule has 0 aliphatic carbocycles. The lowest BCUT2D eigenvalue weighted by atomic mass is 10.2. The normalized spacial score (nSPS) is 11.1. The molecule has 0 bridgehead atoms. The molecule has 0 saturated carbocycles. The Morgan fingerprint density at radius 3 is 2.48 bits per heavy atom. The van der Waals surface area contributed by atoms with Crippen LogP contribution in [0, 0.1) is 0 Å². The molecule has 0 fully saturated rings. The van der Waals surface area contributed by atoms with Gasteiger partial charge in [-0.1, -0.05) is 30.3 Å². The fourth-order valence-corrected chi connectivity index (χ4v) is 2.85. The maximum absolute atomic E-state index is 9.34. The number of benzene rings is 1. The van der Waals surface area contributed by atoms with Crippen molar-refractivity contribution in [3.63, 3.8) is 0 Å². The lowest BCUT2D eigenvalue weighted by Gasteiger charge is -2.20. The van der Waals surface area contributed by atoms with Gasteiger partial charge in [0.15, 0.2) is 0 Å². The Bertz CT molecular complexity index is 743. The van der Waals surface area contributed by atoms with Gasteiger partial charge in [0.05, 0.1) is 19.3 Å². The van der Waals surface area contributed by atoms with Crippen LogP contribution in [-0.4, -0.2) is 44.5 Å². The zero-order chi connectivity index (χ0) is 17.3. The smallest absolute Gasteiger partial charge is 0.0659 e. The highest BCUT2D eigenvalue weighted by Crippen LogP contribution is 2.08. The van der Waals surface area contributed by atoms with Gasteiger partial charge < -0.3 is 5.11 Å². The molecule has 2 aromatic heterocycles. The van der Waals surface area contributed by atoms with Crippen LogP contribution in [0.15, 0.2) is 67.3 Å². The first kappa shape index (κ1) is 17.3. The van der Waals surface area contributed by atoms with Crippen molar-refractivity contribution < 1.29 is 5.11 Å². The molecule has 3 aromatic rings. The van der Waals surface area contributed by atoms with Crippen molar-refractivity contribution in [2.45, 2.75) is 19.5 Å². The molecule has 5 heteroatoms. The maximum Gasteiger partial charge on any atom is 0.0659 e. The summed E-state index contributed by atoms with van der Waals surface area (Å²) in [4.78, 5) is 6.30. The molecule has 0 spiro atoms. The number of hydrogen-bond donors (Lipinski definition) is 1. The first-order chi connectivity index (χ1) is 12.3. The standard InChI is InChI=1S/C20H24N4O/c25-13-12-23(11-8-18-6-9-21-10-7-18)15-20-14-22-24(17-20)16-19-4-2-1-3-5-19/h1-7,9-10,14,17,25H,8,11-13,15-16H2. The molecule has 0 atom stereocenters. The summed E-state index contributed by atoms with van der Waals surface area (Å²) in [7, 11) is 0. The van der Waals surface area contributed by atoms with Crippen molar-refractivity contribution in [1.82, 2.24) is 19.7 Å². The Kier molecular flexibility index (Phi) is 6.31. The lowest BCUT2D eigenvalue weighted by molar-refractivity contribution is 0.191. The Labute approximate surface area is 148 Å². The minimum absolute atomic E-state index is 0.161. The first-order valence-electron chi connectivity index (χ1n) is 8.61. The van der Waals surface area contributed by atoms with Crippen LogP contribution in [0.5, 0.6) is 0 Å². The van der Waals surface area contributed by atoms with Gasteiger partial charge in [0.25, 0.3) is 0 Å². The molecule has 0 unspecified atom stereocenters. The Morgan fingerprint density at radius 2 is 1.72 bits per heavy atom. The van der Waals surface area contributed by atoms with Crippen LogP contribution < -0.4 is 0 Å². The first-order valence-corrected chi connectivity index (χ1v) is 8.61. The molecule has 0 aliphatic rings. The molecule has 3 rings (SSSR count). The second-order valence-electron chi connectivity index (χ2n) is 6.14. The van der Waals surface area contributed by atoms with Crippen molar-refractivity contribution in [2.24, 2.45) is 0 Å². The van der Waals surface area contributed by atoms with Gasteiger partial charge in [-0.15, -0.1) is 0 Å². The van der Waals surface area contributed by atoms with Crippen molar-refractivity contribution in [3.8, 4) is 0 Å². The second-order valence-corrected chi connectivity index (χ2v) is 6.14. The van der Waals surface area contributed by atoms with E-state index in [2.05, 4.69) is 33.3 Å². The van der Waals surface area contributed by atoms with Crippen molar-refractivity contribution in [2.75, 3.05) is 19.7 Å². The largest absolute Gasteiger partial charge is 0.395 e. The third-order valence-electron chi connectivity index (χ3n) is 4.16. The molecule has 25 heavy (non-hydrogen) atoms. The van der Waals surface area contributed by atoms with Gasteiger partial charge in [-0.25, -0.2) is 0 Å².